The lowest BCUT2D eigenvalue weighted by molar-refractivity contribution is -0.237. The molecule has 0 radical (unpaired) electrons. The van der Waals surface area contributed by atoms with Crippen molar-refractivity contribution in [2.24, 2.45) is 0 Å². The number of nitrogens with one attached hydrogen (secondary N) is 3. The van der Waals surface area contributed by atoms with Crippen molar-refractivity contribution in [2.75, 3.05) is 33.2 Å². The Balaban J connectivity index is 0.837. The molecule has 5 heterocycles. The van der Waals surface area contributed by atoms with E-state index in [1.54, 1.807) is 69.6 Å². The Bertz CT molecular complexity index is 3120. The second kappa shape index (κ2) is 21.0. The number of amides is 1. The van der Waals surface area contributed by atoms with Gasteiger partial charge in [0.1, 0.15) is 22.8 Å². The van der Waals surface area contributed by atoms with Crippen molar-refractivity contribution in [1.29, 1.82) is 0 Å². The van der Waals surface area contributed by atoms with Crippen LogP contribution in [0.5, 0.6) is 17.2 Å². The first-order valence-electron chi connectivity index (χ1n) is 24.5. The zero-order chi connectivity index (χ0) is 51.6. The highest BCUT2D eigenvalue weighted by molar-refractivity contribution is 5.89. The van der Waals surface area contributed by atoms with Gasteiger partial charge < -0.3 is 54.4 Å². The molecule has 2 aliphatic heterocycles. The van der Waals surface area contributed by atoms with Crippen LogP contribution in [-0.2, 0) is 45.9 Å². The lowest BCUT2D eigenvalue weighted by atomic mass is 9.84. The summed E-state index contributed by atoms with van der Waals surface area (Å²) in [7, 11) is 1.64. The molecule has 2 unspecified atom stereocenters. The number of phenolic OH excluding ortho intramolecular Hbond substituents is 2. The number of aryl methyl sites for hydroxylation is 1. The number of carbonyl (C=O) groups excluding carboxylic acids is 2. The number of hydrogen-bond acceptors (Lipinski definition) is 15. The number of aliphatic hydroxyl groups is 1. The molecule has 72 heavy (non-hydrogen) atoms. The first kappa shape index (κ1) is 51.3. The minimum atomic E-state index is -1.66. The van der Waals surface area contributed by atoms with Gasteiger partial charge in [0.05, 0.1) is 46.9 Å². The Morgan fingerprint density at radius 1 is 0.972 bits per heavy atom. The van der Waals surface area contributed by atoms with E-state index in [9.17, 15) is 34.5 Å². The minimum absolute atomic E-state index is 0.0171. The molecule has 19 nitrogen and oxygen atoms in total. The molecule has 1 amide bonds. The van der Waals surface area contributed by atoms with E-state index in [0.717, 1.165) is 35.0 Å². The normalized spacial score (nSPS) is 16.1. The number of benzene rings is 3. The molecule has 0 bridgehead atoms. The summed E-state index contributed by atoms with van der Waals surface area (Å²) in [6.07, 6.45) is -0.801. The van der Waals surface area contributed by atoms with E-state index < -0.39 is 35.4 Å². The Kier molecular flexibility index (Phi) is 14.9. The van der Waals surface area contributed by atoms with Crippen molar-refractivity contribution in [1.82, 2.24) is 39.8 Å². The number of aliphatic hydroxyl groups excluding tert-OH is 1. The standard InChI is InChI=1S/C53H64N8O11/c1-9-34-36-23-33(70-51(68)72-52(5,6)7)17-18-41(36)56-45-38(34)28-60-42(45)25-40-39(47(60)64)29-69-48(65)53(40,10-2)71-50(67)59(8)22-12-11-19-54-20-21-55-27-31-13-15-32(16-14-31)61-46(57-58-49(61)66)37-24-35(30(3)4)43(62)26-44(37)63/h13-18,23-26,30,48,54-55,62-63,65H,9-12,19-22,27-29H2,1-8H3,(H,58,66). The summed E-state index contributed by atoms with van der Waals surface area (Å²) in [4.78, 5) is 59.8. The summed E-state index contributed by atoms with van der Waals surface area (Å²) in [5.41, 5.74) is 3.65. The lowest BCUT2D eigenvalue weighted by Crippen LogP contribution is -2.51. The smallest absolute Gasteiger partial charge is 0.508 e. The average Bonchev–Trinajstić information content (AvgIpc) is 3.90. The van der Waals surface area contributed by atoms with E-state index in [2.05, 4.69) is 20.8 Å². The largest absolute Gasteiger partial charge is 0.514 e. The van der Waals surface area contributed by atoms with Crippen LogP contribution in [0.15, 0.2) is 70.3 Å². The zero-order valence-electron chi connectivity index (χ0n) is 42.1. The van der Waals surface area contributed by atoms with Crippen LogP contribution in [0.4, 0.5) is 9.59 Å². The molecule has 0 fully saturated rings. The quantitative estimate of drug-likeness (QED) is 0.0304. The first-order valence-corrected chi connectivity index (χ1v) is 24.5. The third kappa shape index (κ3) is 10.3. The highest BCUT2D eigenvalue weighted by Crippen LogP contribution is 2.44. The molecular formula is C53H64N8O11. The summed E-state index contributed by atoms with van der Waals surface area (Å²) in [6.45, 7) is 16.1. The van der Waals surface area contributed by atoms with Crippen LogP contribution >= 0.6 is 0 Å². The lowest BCUT2D eigenvalue weighted by Gasteiger charge is -2.41. The monoisotopic (exact) mass is 988 g/mol. The highest BCUT2D eigenvalue weighted by atomic mass is 16.7. The average molecular weight is 989 g/mol. The molecule has 2 aliphatic rings. The van der Waals surface area contributed by atoms with Crippen LogP contribution in [0.3, 0.4) is 0 Å². The fourth-order valence-electron chi connectivity index (χ4n) is 9.43. The van der Waals surface area contributed by atoms with Gasteiger partial charge in [0, 0.05) is 55.8 Å². The molecular weight excluding hydrogens is 925 g/mol. The van der Waals surface area contributed by atoms with Gasteiger partial charge in [-0.25, -0.2) is 29.0 Å². The number of aromatic nitrogens is 5. The minimum Gasteiger partial charge on any atom is -0.508 e. The van der Waals surface area contributed by atoms with Crippen LogP contribution in [-0.4, -0.2) is 102 Å². The van der Waals surface area contributed by atoms with E-state index in [4.69, 9.17) is 23.9 Å². The predicted octanol–water partition coefficient (Wildman–Crippen LogP) is 7.06. The molecule has 0 spiro atoms. The number of unbranched alkanes of at least 4 members (excludes halogenated alkanes) is 1. The molecule has 8 rings (SSSR count). The maximum absolute atomic E-state index is 14.3. The molecule has 2 atom stereocenters. The second-order valence-corrected chi connectivity index (χ2v) is 19.6. The summed E-state index contributed by atoms with van der Waals surface area (Å²) in [5, 5.41) is 46.6. The number of nitrogens with zero attached hydrogens (tertiary/aromatic N) is 5. The molecule has 0 saturated heterocycles. The van der Waals surface area contributed by atoms with Crippen LogP contribution in [0.25, 0.3) is 39.4 Å². The van der Waals surface area contributed by atoms with Gasteiger partial charge in [0.25, 0.3) is 5.56 Å². The highest BCUT2D eigenvalue weighted by Gasteiger charge is 2.50. The number of phenols is 2. The van der Waals surface area contributed by atoms with Crippen molar-refractivity contribution < 1.29 is 43.9 Å². The molecule has 0 saturated carbocycles. The van der Waals surface area contributed by atoms with E-state index in [1.807, 2.05) is 45.0 Å². The predicted molar refractivity (Wildman–Crippen MR) is 270 cm³/mol. The molecule has 6 N–H and O–H groups in total. The van der Waals surface area contributed by atoms with Crippen LogP contribution in [0.2, 0.25) is 0 Å². The van der Waals surface area contributed by atoms with Crippen LogP contribution < -0.4 is 26.6 Å². The van der Waals surface area contributed by atoms with Crippen LogP contribution in [0.1, 0.15) is 107 Å². The van der Waals surface area contributed by atoms with Gasteiger partial charge in [-0.1, -0.05) is 39.8 Å². The number of aromatic hydroxyl groups is 2. The molecule has 19 heteroatoms. The Morgan fingerprint density at radius 2 is 1.72 bits per heavy atom. The Morgan fingerprint density at radius 3 is 2.43 bits per heavy atom. The van der Waals surface area contributed by atoms with Crippen molar-refractivity contribution in [3.63, 3.8) is 0 Å². The van der Waals surface area contributed by atoms with Crippen molar-refractivity contribution in [2.45, 2.75) is 117 Å². The summed E-state index contributed by atoms with van der Waals surface area (Å²) in [6, 6.07) is 17.3. The fourth-order valence-corrected chi connectivity index (χ4v) is 9.43. The summed E-state index contributed by atoms with van der Waals surface area (Å²) >= 11 is 0. The maximum atomic E-state index is 14.3. The SMILES string of the molecule is CCc1c2c(nc3ccc(OC(=O)OC(C)(C)C)cc13)-c1cc3c(c(=O)n1C2)COC(O)C3(CC)OC(=O)N(C)CCCCNCCNCc1ccc(-n2c(-c3cc(C(C)C)c(O)cc3O)n[nH]c2=O)cc1. The second-order valence-electron chi connectivity index (χ2n) is 19.6. The summed E-state index contributed by atoms with van der Waals surface area (Å²) < 4.78 is 25.8. The Hall–Kier alpha value is -7.06. The fraction of sp³-hybridized carbons (Fsp3) is 0.434. The molecule has 6 aromatic rings. The number of pyridine rings is 2. The third-order valence-electron chi connectivity index (χ3n) is 13.2. The van der Waals surface area contributed by atoms with Gasteiger partial charge in [0.2, 0.25) is 0 Å². The van der Waals surface area contributed by atoms with Crippen LogP contribution in [0, 0.1) is 0 Å². The topological polar surface area (TPSA) is 245 Å². The van der Waals surface area contributed by atoms with Gasteiger partial charge in [-0.15, -0.1) is 0 Å². The van der Waals surface area contributed by atoms with Crippen molar-refractivity contribution in [3.8, 4) is 45.7 Å². The molecule has 3 aromatic carbocycles. The van der Waals surface area contributed by atoms with Gasteiger partial charge in [-0.2, -0.15) is 5.10 Å². The van der Waals surface area contributed by atoms with E-state index >= 15 is 0 Å². The number of H-pyrrole nitrogens is 1. The van der Waals surface area contributed by atoms with E-state index in [-0.39, 0.29) is 48.4 Å². The van der Waals surface area contributed by atoms with E-state index in [1.165, 1.54) is 15.5 Å². The number of carbonyl (C=O) groups is 2. The van der Waals surface area contributed by atoms with Crippen molar-refractivity contribution >= 4 is 23.2 Å². The third-order valence-corrected chi connectivity index (χ3v) is 13.2. The number of hydrogen-bond donors (Lipinski definition) is 6. The number of rotatable bonds is 17. The summed E-state index contributed by atoms with van der Waals surface area (Å²) in [5.74, 6) is 0.306. The Labute approximate surface area is 416 Å². The molecule has 3 aromatic heterocycles. The number of ether oxygens (including phenoxy) is 4. The van der Waals surface area contributed by atoms with E-state index in [0.29, 0.717) is 89.6 Å². The maximum Gasteiger partial charge on any atom is 0.514 e. The number of aromatic amines is 1. The van der Waals surface area contributed by atoms with Gasteiger partial charge in [-0.05, 0) is 118 Å². The van der Waals surface area contributed by atoms with Gasteiger partial charge >= 0.3 is 17.9 Å². The zero-order valence-corrected chi connectivity index (χ0v) is 42.1. The molecule has 0 aliphatic carbocycles. The van der Waals surface area contributed by atoms with Gasteiger partial charge in [0.15, 0.2) is 17.7 Å². The molecule has 382 valence electrons. The van der Waals surface area contributed by atoms with Crippen molar-refractivity contribution in [3.05, 3.63) is 115 Å². The van der Waals surface area contributed by atoms with Gasteiger partial charge in [-0.3, -0.25) is 4.79 Å². The first-order chi connectivity index (χ1) is 34.3. The number of fused-ring (bicyclic) bond motifs is 5.